The van der Waals surface area contributed by atoms with Gasteiger partial charge in [-0.1, -0.05) is 24.3 Å². The maximum Gasteiger partial charge on any atom is 0.277 e. The molecule has 0 saturated carbocycles. The lowest BCUT2D eigenvalue weighted by molar-refractivity contribution is 0.102. The summed E-state index contributed by atoms with van der Waals surface area (Å²) in [5.74, 6) is 0.173. The van der Waals surface area contributed by atoms with Crippen LogP contribution in [0.15, 0.2) is 73.2 Å². The molecule has 1 aromatic carbocycles. The summed E-state index contributed by atoms with van der Waals surface area (Å²) < 4.78 is 1.80. The summed E-state index contributed by atoms with van der Waals surface area (Å²) in [6, 6.07) is 16.9. The van der Waals surface area contributed by atoms with Gasteiger partial charge in [-0.2, -0.15) is 0 Å². The molecule has 6 heteroatoms. The Morgan fingerprint density at radius 2 is 1.96 bits per heavy atom. The molecule has 26 heavy (non-hydrogen) atoms. The minimum atomic E-state index is -0.309. The van der Waals surface area contributed by atoms with Gasteiger partial charge < -0.3 is 14.8 Å². The van der Waals surface area contributed by atoms with E-state index < -0.39 is 0 Å². The number of aromatic nitrogens is 3. The van der Waals surface area contributed by atoms with Gasteiger partial charge in [-0.15, -0.1) is 0 Å². The van der Waals surface area contributed by atoms with Crippen molar-refractivity contribution in [3.8, 4) is 11.1 Å². The Kier molecular flexibility index (Phi) is 4.17. The normalized spacial score (nSPS) is 10.8. The molecule has 0 aliphatic heterocycles. The van der Waals surface area contributed by atoms with E-state index in [1.54, 1.807) is 35.0 Å². The largest absolute Gasteiger partial charge is 0.392 e. The molecule has 6 nitrogen and oxygen atoms in total. The lowest BCUT2D eigenvalue weighted by Crippen LogP contribution is -2.13. The molecule has 0 aliphatic carbocycles. The number of hydrogen-bond acceptors (Lipinski definition) is 4. The second-order valence-corrected chi connectivity index (χ2v) is 5.83. The molecule has 0 bridgehead atoms. The van der Waals surface area contributed by atoms with Gasteiger partial charge >= 0.3 is 0 Å². The van der Waals surface area contributed by atoms with Crippen molar-refractivity contribution in [3.05, 3.63) is 84.4 Å². The first-order valence-electron chi connectivity index (χ1n) is 8.14. The fraction of sp³-hybridized carbons (Fsp3) is 0.0500. The van der Waals surface area contributed by atoms with Crippen molar-refractivity contribution in [2.45, 2.75) is 6.61 Å². The van der Waals surface area contributed by atoms with Crippen molar-refractivity contribution >= 4 is 17.4 Å². The molecular formula is C20H16N4O2. The predicted molar refractivity (Wildman–Crippen MR) is 98.7 cm³/mol. The van der Waals surface area contributed by atoms with Crippen molar-refractivity contribution in [2.75, 3.05) is 5.32 Å². The number of nitrogens with one attached hydrogen (secondary N) is 1. The van der Waals surface area contributed by atoms with Crippen molar-refractivity contribution in [1.82, 2.24) is 14.4 Å². The highest BCUT2D eigenvalue weighted by Gasteiger charge is 2.12. The van der Waals surface area contributed by atoms with Crippen LogP contribution in [0.25, 0.3) is 16.8 Å². The second-order valence-electron chi connectivity index (χ2n) is 5.83. The molecule has 0 spiro atoms. The summed E-state index contributed by atoms with van der Waals surface area (Å²) in [5, 5.41) is 12.0. The third-order valence-electron chi connectivity index (χ3n) is 4.04. The van der Waals surface area contributed by atoms with E-state index in [1.807, 2.05) is 42.6 Å². The van der Waals surface area contributed by atoms with Gasteiger partial charge in [0, 0.05) is 18.6 Å². The standard InChI is InChI=1S/C20H16N4O2/c25-13-14-4-3-5-15(10-14)16-7-9-24-12-17(22-19(24)11-16)20(26)23-18-6-1-2-8-21-18/h1-12,25H,13H2,(H,21,23,26). The lowest BCUT2D eigenvalue weighted by Gasteiger charge is -2.04. The van der Waals surface area contributed by atoms with Gasteiger partial charge in [0.25, 0.3) is 5.91 Å². The van der Waals surface area contributed by atoms with Crippen LogP contribution in [0.3, 0.4) is 0 Å². The zero-order valence-electron chi connectivity index (χ0n) is 13.8. The molecule has 128 valence electrons. The molecule has 0 saturated heterocycles. The summed E-state index contributed by atoms with van der Waals surface area (Å²) in [5.41, 5.74) is 3.79. The number of aliphatic hydroxyl groups excluding tert-OH is 1. The number of anilines is 1. The minimum Gasteiger partial charge on any atom is -0.392 e. The fourth-order valence-electron chi connectivity index (χ4n) is 2.74. The topological polar surface area (TPSA) is 79.5 Å². The molecule has 3 aromatic heterocycles. The van der Waals surface area contributed by atoms with Gasteiger partial charge in [-0.25, -0.2) is 9.97 Å². The Labute approximate surface area is 149 Å². The molecule has 4 aromatic rings. The average molecular weight is 344 g/mol. The molecule has 0 radical (unpaired) electrons. The number of carbonyl (C=O) groups excluding carboxylic acids is 1. The van der Waals surface area contributed by atoms with E-state index in [-0.39, 0.29) is 12.5 Å². The first kappa shape index (κ1) is 16.0. The molecule has 4 rings (SSSR count). The number of rotatable bonds is 4. The summed E-state index contributed by atoms with van der Waals surface area (Å²) in [6.45, 7) is -0.00268. The summed E-state index contributed by atoms with van der Waals surface area (Å²) in [7, 11) is 0. The number of aliphatic hydroxyl groups is 1. The number of fused-ring (bicyclic) bond motifs is 1. The first-order valence-corrected chi connectivity index (χ1v) is 8.14. The van der Waals surface area contributed by atoms with Gasteiger partial charge in [0.05, 0.1) is 6.61 Å². The van der Waals surface area contributed by atoms with Crippen molar-refractivity contribution in [2.24, 2.45) is 0 Å². The van der Waals surface area contributed by atoms with Gasteiger partial charge in [-0.3, -0.25) is 4.79 Å². The van der Waals surface area contributed by atoms with Crippen LogP contribution in [0.5, 0.6) is 0 Å². The Morgan fingerprint density at radius 3 is 2.77 bits per heavy atom. The summed E-state index contributed by atoms with van der Waals surface area (Å²) in [4.78, 5) is 20.9. The quantitative estimate of drug-likeness (QED) is 0.596. The Hall–Kier alpha value is -3.51. The highest BCUT2D eigenvalue weighted by Crippen LogP contribution is 2.22. The van der Waals surface area contributed by atoms with E-state index in [4.69, 9.17) is 0 Å². The minimum absolute atomic E-state index is 0.00268. The van der Waals surface area contributed by atoms with Crippen LogP contribution in [0.2, 0.25) is 0 Å². The molecule has 2 N–H and O–H groups in total. The Bertz CT molecular complexity index is 1070. The van der Waals surface area contributed by atoms with Crippen molar-refractivity contribution in [1.29, 1.82) is 0 Å². The van der Waals surface area contributed by atoms with Gasteiger partial charge in [0.2, 0.25) is 0 Å². The van der Waals surface area contributed by atoms with Crippen LogP contribution in [0, 0.1) is 0 Å². The maximum atomic E-state index is 12.4. The highest BCUT2D eigenvalue weighted by atomic mass is 16.3. The second kappa shape index (κ2) is 6.78. The van der Waals surface area contributed by atoms with E-state index in [0.29, 0.717) is 17.2 Å². The number of nitrogens with zero attached hydrogens (tertiary/aromatic N) is 3. The van der Waals surface area contributed by atoms with Gasteiger partial charge in [-0.05, 0) is 47.0 Å². The van der Waals surface area contributed by atoms with E-state index in [9.17, 15) is 9.90 Å². The number of hydrogen-bond donors (Lipinski definition) is 2. The average Bonchev–Trinajstić information content (AvgIpc) is 3.12. The molecular weight excluding hydrogens is 328 g/mol. The molecule has 0 fully saturated rings. The van der Waals surface area contributed by atoms with Crippen LogP contribution in [-0.4, -0.2) is 25.4 Å². The van der Waals surface area contributed by atoms with E-state index in [1.165, 1.54) is 0 Å². The van der Waals surface area contributed by atoms with Crippen molar-refractivity contribution < 1.29 is 9.90 Å². The van der Waals surface area contributed by atoms with E-state index in [2.05, 4.69) is 15.3 Å². The third-order valence-corrected chi connectivity index (χ3v) is 4.04. The maximum absolute atomic E-state index is 12.4. The van der Waals surface area contributed by atoms with Crippen LogP contribution in [-0.2, 0) is 6.61 Å². The zero-order chi connectivity index (χ0) is 17.9. The monoisotopic (exact) mass is 344 g/mol. The van der Waals surface area contributed by atoms with Crippen LogP contribution in [0.4, 0.5) is 5.82 Å². The fourth-order valence-corrected chi connectivity index (χ4v) is 2.74. The number of carbonyl (C=O) groups is 1. The van der Waals surface area contributed by atoms with Crippen molar-refractivity contribution in [3.63, 3.8) is 0 Å². The SMILES string of the molecule is O=C(Nc1ccccn1)c1cn2ccc(-c3cccc(CO)c3)cc2n1. The lowest BCUT2D eigenvalue weighted by atomic mass is 10.0. The van der Waals surface area contributed by atoms with E-state index >= 15 is 0 Å². The van der Waals surface area contributed by atoms with Crippen LogP contribution in [0.1, 0.15) is 16.1 Å². The first-order chi connectivity index (χ1) is 12.7. The number of pyridine rings is 2. The molecule has 0 aliphatic rings. The molecule has 1 amide bonds. The molecule has 3 heterocycles. The summed E-state index contributed by atoms with van der Waals surface area (Å²) in [6.07, 6.45) is 5.16. The smallest absolute Gasteiger partial charge is 0.277 e. The van der Waals surface area contributed by atoms with Crippen LogP contribution >= 0.6 is 0 Å². The number of benzene rings is 1. The van der Waals surface area contributed by atoms with E-state index in [0.717, 1.165) is 16.7 Å². The number of amides is 1. The third kappa shape index (κ3) is 3.18. The van der Waals surface area contributed by atoms with Crippen LogP contribution < -0.4 is 5.32 Å². The molecule has 0 atom stereocenters. The predicted octanol–water partition coefficient (Wildman–Crippen LogP) is 3.14. The number of imidazole rings is 1. The van der Waals surface area contributed by atoms with Gasteiger partial charge in [0.1, 0.15) is 17.2 Å². The molecule has 0 unspecified atom stereocenters. The Balaban J connectivity index is 1.64. The Morgan fingerprint density at radius 1 is 1.08 bits per heavy atom. The summed E-state index contributed by atoms with van der Waals surface area (Å²) >= 11 is 0. The van der Waals surface area contributed by atoms with Gasteiger partial charge in [0.15, 0.2) is 0 Å². The zero-order valence-corrected chi connectivity index (χ0v) is 13.8. The highest BCUT2D eigenvalue weighted by molar-refractivity contribution is 6.02.